The van der Waals surface area contributed by atoms with Gasteiger partial charge in [0, 0.05) is 24.7 Å². The molecule has 9 heteroatoms. The lowest BCUT2D eigenvalue weighted by molar-refractivity contribution is -0.145. The van der Waals surface area contributed by atoms with Gasteiger partial charge < -0.3 is 14.5 Å². The third-order valence-electron chi connectivity index (χ3n) is 8.24. The van der Waals surface area contributed by atoms with Crippen molar-refractivity contribution in [3.8, 4) is 11.4 Å². The van der Waals surface area contributed by atoms with Crippen LogP contribution in [0.2, 0.25) is 5.02 Å². The normalized spacial score (nSPS) is 18.2. The molecule has 39 heavy (non-hydrogen) atoms. The van der Waals surface area contributed by atoms with Crippen LogP contribution in [0.3, 0.4) is 0 Å². The number of carbonyl (C=O) groups excluding carboxylic acids is 2. The summed E-state index contributed by atoms with van der Waals surface area (Å²) >= 11 is 6.02. The Morgan fingerprint density at radius 2 is 1.77 bits per heavy atom. The molecule has 0 N–H and O–H groups in total. The van der Waals surface area contributed by atoms with Crippen molar-refractivity contribution in [2.24, 2.45) is 5.41 Å². The maximum absolute atomic E-state index is 13.9. The van der Waals surface area contributed by atoms with Crippen LogP contribution in [0.15, 0.2) is 48.5 Å². The summed E-state index contributed by atoms with van der Waals surface area (Å²) in [5.74, 6) is 0.978. The molecule has 0 bridgehead atoms. The van der Waals surface area contributed by atoms with Crippen molar-refractivity contribution >= 4 is 23.4 Å². The molecule has 0 atom stereocenters. The van der Waals surface area contributed by atoms with Gasteiger partial charge in [0.2, 0.25) is 5.91 Å². The second kappa shape index (κ2) is 11.8. The van der Waals surface area contributed by atoms with Crippen molar-refractivity contribution in [1.29, 1.82) is 0 Å². The Labute approximate surface area is 234 Å². The van der Waals surface area contributed by atoms with E-state index < -0.39 is 5.41 Å². The van der Waals surface area contributed by atoms with Crippen molar-refractivity contribution in [1.82, 2.24) is 24.8 Å². The third kappa shape index (κ3) is 5.66. The molecular formula is C30H36ClN5O3. The Kier molecular flexibility index (Phi) is 8.21. The fraction of sp³-hybridized carbons (Fsp3) is 0.467. The predicted octanol–water partition coefficient (Wildman–Crippen LogP) is 5.11. The van der Waals surface area contributed by atoms with Crippen LogP contribution in [0.5, 0.6) is 5.75 Å². The van der Waals surface area contributed by atoms with E-state index in [9.17, 15) is 9.59 Å². The lowest BCUT2D eigenvalue weighted by Crippen LogP contribution is -2.52. The molecule has 0 aliphatic carbocycles. The summed E-state index contributed by atoms with van der Waals surface area (Å²) in [6.07, 6.45) is 5.02. The van der Waals surface area contributed by atoms with Crippen molar-refractivity contribution in [2.45, 2.75) is 52.4 Å². The highest BCUT2D eigenvalue weighted by Gasteiger charge is 2.44. The number of carbonyl (C=O) groups is 2. The molecule has 1 saturated heterocycles. The minimum atomic E-state index is -0.457. The number of likely N-dealkylation sites (tertiary alicyclic amines) is 1. The molecule has 8 nitrogen and oxygen atoms in total. The van der Waals surface area contributed by atoms with Gasteiger partial charge in [0.15, 0.2) is 5.69 Å². The third-order valence-corrected chi connectivity index (χ3v) is 8.49. The fourth-order valence-corrected chi connectivity index (χ4v) is 5.97. The number of hydrogen-bond donors (Lipinski definition) is 0. The Morgan fingerprint density at radius 1 is 1.03 bits per heavy atom. The predicted molar refractivity (Wildman–Crippen MR) is 150 cm³/mol. The topological polar surface area (TPSA) is 80.6 Å². The van der Waals surface area contributed by atoms with E-state index in [1.807, 2.05) is 47.9 Å². The number of fused-ring (bicyclic) bond motifs is 1. The van der Waals surface area contributed by atoms with Crippen molar-refractivity contribution in [3.63, 3.8) is 0 Å². The summed E-state index contributed by atoms with van der Waals surface area (Å²) < 4.78 is 7.75. The van der Waals surface area contributed by atoms with E-state index in [4.69, 9.17) is 16.3 Å². The molecule has 0 saturated carbocycles. The maximum atomic E-state index is 13.9. The standard InChI is InChI=1S/C30H36ClN5O3/c1-3-34-20-21-39-26-10-5-4-8-23(26)9-6-7-15-30(29(34)38)16-18-35(19-17-30)28(37)27-22(2)36(33-32-27)25-13-11-24(31)12-14-25/h4-5,8,10-14H,3,6-7,9,15-21H2,1-2H3. The molecule has 2 amide bonds. The van der Waals surface area contributed by atoms with Crippen LogP contribution >= 0.6 is 11.6 Å². The Morgan fingerprint density at radius 3 is 2.51 bits per heavy atom. The molecular weight excluding hydrogens is 514 g/mol. The molecule has 0 unspecified atom stereocenters. The first-order valence-electron chi connectivity index (χ1n) is 13.9. The van der Waals surface area contributed by atoms with Crippen molar-refractivity contribution in [2.75, 3.05) is 32.8 Å². The van der Waals surface area contributed by atoms with Gasteiger partial charge in [0.05, 0.1) is 23.3 Å². The number of piperidine rings is 1. The number of aryl methyl sites for hydroxylation is 1. The van der Waals surface area contributed by atoms with Crippen LogP contribution in [0, 0.1) is 12.3 Å². The number of nitrogens with zero attached hydrogens (tertiary/aromatic N) is 5. The Balaban J connectivity index is 1.30. The molecule has 3 heterocycles. The monoisotopic (exact) mass is 549 g/mol. The number of aromatic nitrogens is 3. The molecule has 2 aliphatic heterocycles. The molecule has 206 valence electrons. The number of para-hydroxylation sites is 1. The smallest absolute Gasteiger partial charge is 0.276 e. The first-order chi connectivity index (χ1) is 18.9. The maximum Gasteiger partial charge on any atom is 0.276 e. The molecule has 2 aromatic carbocycles. The lowest BCUT2D eigenvalue weighted by atomic mass is 9.73. The number of amides is 2. The molecule has 5 rings (SSSR count). The van der Waals surface area contributed by atoms with Crippen LogP contribution in [0.4, 0.5) is 0 Å². The van der Waals surface area contributed by atoms with Gasteiger partial charge in [0.1, 0.15) is 12.4 Å². The number of hydrogen-bond acceptors (Lipinski definition) is 5. The number of likely N-dealkylation sites (N-methyl/N-ethyl adjacent to an activating group) is 1. The zero-order valence-corrected chi connectivity index (χ0v) is 23.5. The van der Waals surface area contributed by atoms with Crippen molar-refractivity contribution < 1.29 is 14.3 Å². The Bertz CT molecular complexity index is 1310. The highest BCUT2D eigenvalue weighted by molar-refractivity contribution is 6.30. The fourth-order valence-electron chi connectivity index (χ4n) is 5.85. The molecule has 3 aromatic rings. The average molecular weight is 550 g/mol. The lowest BCUT2D eigenvalue weighted by Gasteiger charge is -2.43. The van der Waals surface area contributed by atoms with Gasteiger partial charge in [-0.3, -0.25) is 9.59 Å². The van der Waals surface area contributed by atoms with Gasteiger partial charge in [-0.05, 0) is 81.8 Å². The van der Waals surface area contributed by atoms with Crippen LogP contribution in [0.1, 0.15) is 60.8 Å². The van der Waals surface area contributed by atoms with E-state index in [2.05, 4.69) is 22.4 Å². The SMILES string of the molecule is CCN1CCOc2ccccc2CCCCC2(CCN(C(=O)c3nnn(-c4ccc(Cl)cc4)c3C)CC2)C1=O. The average Bonchev–Trinajstić information content (AvgIpc) is 3.34. The quantitative estimate of drug-likeness (QED) is 0.454. The summed E-state index contributed by atoms with van der Waals surface area (Å²) in [5, 5.41) is 9.08. The summed E-state index contributed by atoms with van der Waals surface area (Å²) in [4.78, 5) is 31.2. The zero-order chi connectivity index (χ0) is 27.4. The number of rotatable bonds is 3. The van der Waals surface area contributed by atoms with E-state index in [-0.39, 0.29) is 11.8 Å². The largest absolute Gasteiger partial charge is 0.491 e. The Hall–Kier alpha value is -3.39. The first-order valence-corrected chi connectivity index (χ1v) is 14.3. The van der Waals surface area contributed by atoms with Crippen LogP contribution < -0.4 is 4.74 Å². The van der Waals surface area contributed by atoms with Gasteiger partial charge in [-0.15, -0.1) is 5.10 Å². The summed E-state index contributed by atoms with van der Waals surface area (Å²) in [6, 6.07) is 15.5. The molecule has 1 spiro atoms. The van der Waals surface area contributed by atoms with Crippen LogP contribution in [-0.4, -0.2) is 69.4 Å². The highest BCUT2D eigenvalue weighted by atomic mass is 35.5. The van der Waals surface area contributed by atoms with Gasteiger partial charge >= 0.3 is 0 Å². The van der Waals surface area contributed by atoms with E-state index in [0.29, 0.717) is 62.0 Å². The minimum absolute atomic E-state index is 0.138. The number of ether oxygens (including phenoxy) is 1. The van der Waals surface area contributed by atoms with E-state index >= 15 is 0 Å². The minimum Gasteiger partial charge on any atom is -0.491 e. The second-order valence-corrected chi connectivity index (χ2v) is 11.0. The summed E-state index contributed by atoms with van der Waals surface area (Å²) in [6.45, 7) is 6.59. The van der Waals surface area contributed by atoms with Gasteiger partial charge in [-0.1, -0.05) is 41.4 Å². The molecule has 0 radical (unpaired) electrons. The molecule has 1 aromatic heterocycles. The molecule has 2 aliphatic rings. The summed E-state index contributed by atoms with van der Waals surface area (Å²) in [7, 11) is 0. The van der Waals surface area contributed by atoms with Crippen molar-refractivity contribution in [3.05, 3.63) is 70.5 Å². The van der Waals surface area contributed by atoms with E-state index in [1.165, 1.54) is 5.56 Å². The summed E-state index contributed by atoms with van der Waals surface area (Å²) in [5.41, 5.74) is 2.59. The van der Waals surface area contributed by atoms with Crippen LogP contribution in [-0.2, 0) is 11.2 Å². The van der Waals surface area contributed by atoms with Crippen LogP contribution in [0.25, 0.3) is 5.69 Å². The highest BCUT2D eigenvalue weighted by Crippen LogP contribution is 2.39. The first kappa shape index (κ1) is 27.2. The van der Waals surface area contributed by atoms with E-state index in [0.717, 1.165) is 37.1 Å². The van der Waals surface area contributed by atoms with Gasteiger partial charge in [-0.25, -0.2) is 4.68 Å². The van der Waals surface area contributed by atoms with Gasteiger partial charge in [0.25, 0.3) is 5.91 Å². The van der Waals surface area contributed by atoms with E-state index in [1.54, 1.807) is 16.8 Å². The van der Waals surface area contributed by atoms with Gasteiger partial charge in [-0.2, -0.15) is 0 Å². The zero-order valence-electron chi connectivity index (χ0n) is 22.7. The molecule has 1 fully saturated rings. The second-order valence-electron chi connectivity index (χ2n) is 10.5. The number of halogens is 1. The number of benzene rings is 2.